The molecule has 0 saturated carbocycles. The minimum Gasteiger partial charge on any atom is -0.305 e. The van der Waals surface area contributed by atoms with E-state index in [9.17, 15) is 4.79 Å². The Morgan fingerprint density at radius 2 is 2.38 bits per heavy atom. The Balaban J connectivity index is 2.32. The number of rotatable bonds is 1. The van der Waals surface area contributed by atoms with Gasteiger partial charge in [0.1, 0.15) is 6.29 Å². The van der Waals surface area contributed by atoms with E-state index >= 15 is 0 Å². The molecule has 0 aromatic carbocycles. The van der Waals surface area contributed by atoms with E-state index in [1.54, 1.807) is 0 Å². The molecule has 1 heterocycles. The van der Waals surface area contributed by atoms with Crippen molar-refractivity contribution in [3.63, 3.8) is 0 Å². The zero-order valence-corrected chi connectivity index (χ0v) is 5.05. The normalized spacial score (nSPS) is 37.6. The minimum atomic E-state index is 0.144. The number of carbonyl (C=O) groups excluding carboxylic acids is 1. The molecular weight excluding hydrogens is 102 g/mol. The molecule has 0 radical (unpaired) electrons. The second-order valence-electron chi connectivity index (χ2n) is 2.39. The predicted octanol–water partition coefficient (Wildman–Crippen LogP) is 0.326. The van der Waals surface area contributed by atoms with E-state index in [1.807, 2.05) is 0 Å². The van der Waals surface area contributed by atoms with Gasteiger partial charge < -0.3 is 10.1 Å². The van der Waals surface area contributed by atoms with Gasteiger partial charge in [-0.1, -0.05) is 0 Å². The summed E-state index contributed by atoms with van der Waals surface area (Å²) in [5.74, 6) is 0. The first-order valence-electron chi connectivity index (χ1n) is 3.04. The van der Waals surface area contributed by atoms with Crippen molar-refractivity contribution in [2.45, 2.75) is 31.8 Å². The maximum atomic E-state index is 10.1. The van der Waals surface area contributed by atoms with Gasteiger partial charge >= 0.3 is 0 Å². The highest BCUT2D eigenvalue weighted by molar-refractivity contribution is 5.58. The van der Waals surface area contributed by atoms with Crippen molar-refractivity contribution in [1.29, 1.82) is 0 Å². The van der Waals surface area contributed by atoms with Crippen molar-refractivity contribution in [2.24, 2.45) is 0 Å². The fraction of sp³-hybridized carbons (Fsp3) is 0.833. The van der Waals surface area contributed by atoms with Gasteiger partial charge in [0, 0.05) is 6.04 Å². The molecule has 1 saturated heterocycles. The van der Waals surface area contributed by atoms with Crippen LogP contribution in [0.25, 0.3) is 0 Å². The van der Waals surface area contributed by atoms with Crippen molar-refractivity contribution in [3.8, 4) is 0 Å². The molecule has 1 N–H and O–H groups in total. The van der Waals surface area contributed by atoms with E-state index in [0.29, 0.717) is 6.04 Å². The molecule has 0 unspecified atom stereocenters. The van der Waals surface area contributed by atoms with Crippen molar-refractivity contribution in [2.75, 3.05) is 0 Å². The average Bonchev–Trinajstić information content (AvgIpc) is 2.14. The lowest BCUT2D eigenvalue weighted by Crippen LogP contribution is -2.27. The fourth-order valence-electron chi connectivity index (χ4n) is 1.07. The van der Waals surface area contributed by atoms with Gasteiger partial charge in [-0.2, -0.15) is 0 Å². The van der Waals surface area contributed by atoms with Gasteiger partial charge in [-0.3, -0.25) is 0 Å². The van der Waals surface area contributed by atoms with Crippen molar-refractivity contribution < 1.29 is 4.79 Å². The van der Waals surface area contributed by atoms with Crippen LogP contribution < -0.4 is 5.32 Å². The van der Waals surface area contributed by atoms with Gasteiger partial charge in [-0.15, -0.1) is 0 Å². The van der Waals surface area contributed by atoms with E-state index < -0.39 is 0 Å². The van der Waals surface area contributed by atoms with E-state index in [0.717, 1.165) is 19.1 Å². The van der Waals surface area contributed by atoms with Crippen LogP contribution in [0.3, 0.4) is 0 Å². The minimum absolute atomic E-state index is 0.144. The summed E-state index contributed by atoms with van der Waals surface area (Å²) in [4.78, 5) is 10.1. The third kappa shape index (κ3) is 1.07. The smallest absolute Gasteiger partial charge is 0.136 e. The first-order valence-corrected chi connectivity index (χ1v) is 3.04. The van der Waals surface area contributed by atoms with Gasteiger partial charge in [0.25, 0.3) is 0 Å². The lowest BCUT2D eigenvalue weighted by atomic mass is 10.2. The summed E-state index contributed by atoms with van der Waals surface area (Å²) in [6.07, 6.45) is 3.15. The average molecular weight is 113 g/mol. The van der Waals surface area contributed by atoms with Crippen LogP contribution in [0, 0.1) is 0 Å². The number of carbonyl (C=O) groups is 1. The molecule has 1 rings (SSSR count). The molecule has 1 fully saturated rings. The summed E-state index contributed by atoms with van der Waals surface area (Å²) in [5, 5.41) is 3.14. The fourth-order valence-corrected chi connectivity index (χ4v) is 1.07. The Morgan fingerprint density at radius 3 is 2.62 bits per heavy atom. The summed E-state index contributed by atoms with van der Waals surface area (Å²) < 4.78 is 0. The SMILES string of the molecule is C[C@H]1CC[C@@H](C=O)N1. The Hall–Kier alpha value is -0.370. The van der Waals surface area contributed by atoms with Crippen LogP contribution in [0.4, 0.5) is 0 Å². The first kappa shape index (κ1) is 5.76. The molecular formula is C6H11NO. The number of aldehydes is 1. The topological polar surface area (TPSA) is 29.1 Å². The van der Waals surface area contributed by atoms with Gasteiger partial charge in [0.2, 0.25) is 0 Å². The molecule has 0 bridgehead atoms. The standard InChI is InChI=1S/C6H11NO/c1-5-2-3-6(4-8)7-5/h4-7H,2-3H2,1H3/t5-,6-/m0/s1. The maximum Gasteiger partial charge on any atom is 0.136 e. The Labute approximate surface area is 49.3 Å². The molecule has 2 heteroatoms. The highest BCUT2D eigenvalue weighted by Crippen LogP contribution is 2.08. The Kier molecular flexibility index (Phi) is 1.63. The summed E-state index contributed by atoms with van der Waals surface area (Å²) in [5.41, 5.74) is 0. The van der Waals surface area contributed by atoms with Crippen LogP contribution in [0.1, 0.15) is 19.8 Å². The summed E-state index contributed by atoms with van der Waals surface area (Å²) in [7, 11) is 0. The van der Waals surface area contributed by atoms with E-state index in [4.69, 9.17) is 0 Å². The van der Waals surface area contributed by atoms with Crippen LogP contribution >= 0.6 is 0 Å². The van der Waals surface area contributed by atoms with Crippen LogP contribution in [-0.2, 0) is 4.79 Å². The first-order chi connectivity index (χ1) is 3.83. The van der Waals surface area contributed by atoms with Crippen LogP contribution in [0.2, 0.25) is 0 Å². The van der Waals surface area contributed by atoms with Crippen LogP contribution in [0.5, 0.6) is 0 Å². The highest BCUT2D eigenvalue weighted by atomic mass is 16.1. The molecule has 8 heavy (non-hydrogen) atoms. The Bertz CT molecular complexity index is 92.5. The molecule has 0 aromatic rings. The summed E-state index contributed by atoms with van der Waals surface area (Å²) in [6.45, 7) is 2.10. The highest BCUT2D eigenvalue weighted by Gasteiger charge is 2.18. The molecule has 1 aliphatic rings. The summed E-state index contributed by atoms with van der Waals surface area (Å²) in [6, 6.07) is 0.690. The van der Waals surface area contributed by atoms with E-state index in [-0.39, 0.29) is 6.04 Å². The van der Waals surface area contributed by atoms with Crippen molar-refractivity contribution in [1.82, 2.24) is 5.32 Å². The predicted molar refractivity (Wildman–Crippen MR) is 31.7 cm³/mol. The van der Waals surface area contributed by atoms with E-state index in [1.165, 1.54) is 0 Å². The third-order valence-electron chi connectivity index (χ3n) is 1.57. The number of nitrogens with one attached hydrogen (secondary N) is 1. The lowest BCUT2D eigenvalue weighted by Gasteiger charge is -2.00. The molecule has 2 atom stereocenters. The molecule has 1 aliphatic heterocycles. The molecule has 46 valence electrons. The second-order valence-corrected chi connectivity index (χ2v) is 2.39. The lowest BCUT2D eigenvalue weighted by molar-refractivity contribution is -0.109. The molecule has 0 aromatic heterocycles. The van der Waals surface area contributed by atoms with Gasteiger partial charge in [0.05, 0.1) is 6.04 Å². The molecule has 0 amide bonds. The van der Waals surface area contributed by atoms with Crippen molar-refractivity contribution >= 4 is 6.29 Å². The summed E-state index contributed by atoms with van der Waals surface area (Å²) >= 11 is 0. The number of hydrogen-bond donors (Lipinski definition) is 1. The molecule has 2 nitrogen and oxygen atoms in total. The quantitative estimate of drug-likeness (QED) is 0.496. The monoisotopic (exact) mass is 113 g/mol. The van der Waals surface area contributed by atoms with Gasteiger partial charge in [-0.25, -0.2) is 0 Å². The number of hydrogen-bond acceptors (Lipinski definition) is 2. The largest absolute Gasteiger partial charge is 0.305 e. The van der Waals surface area contributed by atoms with Crippen LogP contribution in [-0.4, -0.2) is 18.4 Å². The van der Waals surface area contributed by atoms with Crippen molar-refractivity contribution in [3.05, 3.63) is 0 Å². The molecule has 0 aliphatic carbocycles. The van der Waals surface area contributed by atoms with Crippen LogP contribution in [0.15, 0.2) is 0 Å². The zero-order valence-electron chi connectivity index (χ0n) is 5.05. The van der Waals surface area contributed by atoms with E-state index in [2.05, 4.69) is 12.2 Å². The Morgan fingerprint density at radius 1 is 1.62 bits per heavy atom. The van der Waals surface area contributed by atoms with Gasteiger partial charge in [0.15, 0.2) is 0 Å². The second kappa shape index (κ2) is 2.27. The zero-order chi connectivity index (χ0) is 5.98. The van der Waals surface area contributed by atoms with Gasteiger partial charge in [-0.05, 0) is 19.8 Å². The molecule has 0 spiro atoms. The third-order valence-corrected chi connectivity index (χ3v) is 1.57. The maximum absolute atomic E-state index is 10.1.